The number of halogens is 2. The van der Waals surface area contributed by atoms with Crippen LogP contribution in [0.25, 0.3) is 5.76 Å². The Hall–Kier alpha value is -4.00. The maximum atomic E-state index is 14.7. The summed E-state index contributed by atoms with van der Waals surface area (Å²) in [5, 5.41) is 11.2. The van der Waals surface area contributed by atoms with Crippen LogP contribution in [0.5, 0.6) is 5.75 Å². The lowest BCUT2D eigenvalue weighted by molar-refractivity contribution is -0.132. The number of benzene rings is 3. The van der Waals surface area contributed by atoms with E-state index in [0.29, 0.717) is 16.9 Å². The van der Waals surface area contributed by atoms with E-state index in [1.165, 1.54) is 0 Å². The average molecular weight is 463 g/mol. The van der Waals surface area contributed by atoms with Crippen molar-refractivity contribution in [1.82, 2.24) is 0 Å². The van der Waals surface area contributed by atoms with E-state index in [1.807, 2.05) is 13.8 Å². The third-order valence-electron chi connectivity index (χ3n) is 5.54. The number of ether oxygens (including phenoxy) is 1. The number of hydrogen-bond acceptors (Lipinski definition) is 4. The number of anilines is 1. The highest BCUT2D eigenvalue weighted by Gasteiger charge is 2.47. The van der Waals surface area contributed by atoms with Crippen LogP contribution in [0.3, 0.4) is 0 Å². The van der Waals surface area contributed by atoms with Crippen molar-refractivity contribution in [2.75, 3.05) is 4.90 Å². The van der Waals surface area contributed by atoms with Crippen LogP contribution in [-0.4, -0.2) is 22.9 Å². The van der Waals surface area contributed by atoms with Gasteiger partial charge >= 0.3 is 0 Å². The molecule has 1 fully saturated rings. The van der Waals surface area contributed by atoms with Crippen LogP contribution in [0.2, 0.25) is 0 Å². The van der Waals surface area contributed by atoms with E-state index < -0.39 is 35.1 Å². The van der Waals surface area contributed by atoms with Gasteiger partial charge in [0.05, 0.1) is 23.4 Å². The minimum Gasteiger partial charge on any atom is -0.507 e. The number of ketones is 1. The molecule has 0 bridgehead atoms. The fraction of sp³-hybridized carbons (Fsp3) is 0.185. The van der Waals surface area contributed by atoms with Gasteiger partial charge in [-0.05, 0) is 62.2 Å². The van der Waals surface area contributed by atoms with E-state index in [9.17, 15) is 23.5 Å². The van der Waals surface area contributed by atoms with E-state index in [0.717, 1.165) is 28.7 Å². The zero-order valence-electron chi connectivity index (χ0n) is 18.9. The minimum atomic E-state index is -1.15. The van der Waals surface area contributed by atoms with E-state index in [1.54, 1.807) is 55.5 Å². The van der Waals surface area contributed by atoms with Gasteiger partial charge < -0.3 is 9.84 Å². The summed E-state index contributed by atoms with van der Waals surface area (Å²) in [6.45, 7) is 5.57. The predicted molar refractivity (Wildman–Crippen MR) is 125 cm³/mol. The van der Waals surface area contributed by atoms with Gasteiger partial charge in [0.25, 0.3) is 11.7 Å². The zero-order valence-corrected chi connectivity index (χ0v) is 18.9. The molecule has 0 radical (unpaired) electrons. The summed E-state index contributed by atoms with van der Waals surface area (Å²) in [5.74, 6) is -3.47. The molecule has 1 aliphatic rings. The molecule has 0 saturated carbocycles. The summed E-state index contributed by atoms with van der Waals surface area (Å²) in [7, 11) is 0. The highest BCUT2D eigenvalue weighted by molar-refractivity contribution is 6.51. The van der Waals surface area contributed by atoms with Crippen LogP contribution < -0.4 is 9.64 Å². The van der Waals surface area contributed by atoms with Gasteiger partial charge in [-0.25, -0.2) is 8.78 Å². The van der Waals surface area contributed by atoms with Crippen LogP contribution >= 0.6 is 0 Å². The summed E-state index contributed by atoms with van der Waals surface area (Å²) in [6, 6.07) is 14.9. The second kappa shape index (κ2) is 9.09. The van der Waals surface area contributed by atoms with Crippen molar-refractivity contribution in [3.63, 3.8) is 0 Å². The molecule has 5 nitrogen and oxygen atoms in total. The lowest BCUT2D eigenvalue weighted by atomic mass is 9.94. The first-order chi connectivity index (χ1) is 16.2. The Bertz CT molecular complexity index is 1300. The molecule has 1 saturated heterocycles. The first-order valence-electron chi connectivity index (χ1n) is 10.8. The van der Waals surface area contributed by atoms with E-state index >= 15 is 0 Å². The van der Waals surface area contributed by atoms with E-state index in [2.05, 4.69) is 0 Å². The van der Waals surface area contributed by atoms with Gasteiger partial charge in [-0.15, -0.1) is 0 Å². The van der Waals surface area contributed by atoms with Crippen molar-refractivity contribution < 1.29 is 28.2 Å². The molecular formula is C27H23F2NO4. The van der Waals surface area contributed by atoms with Gasteiger partial charge in [0.15, 0.2) is 0 Å². The molecular weight excluding hydrogens is 440 g/mol. The highest BCUT2D eigenvalue weighted by atomic mass is 19.1. The second-order valence-corrected chi connectivity index (χ2v) is 8.32. The molecule has 1 aliphatic heterocycles. The number of nitrogens with zero attached hydrogens (tertiary/aromatic N) is 1. The summed E-state index contributed by atoms with van der Waals surface area (Å²) < 4.78 is 34.4. The largest absolute Gasteiger partial charge is 0.507 e. The Morgan fingerprint density at radius 1 is 1.00 bits per heavy atom. The van der Waals surface area contributed by atoms with Gasteiger partial charge in [-0.1, -0.05) is 30.3 Å². The topological polar surface area (TPSA) is 66.8 Å². The summed E-state index contributed by atoms with van der Waals surface area (Å²) in [5.41, 5.74) is 0.888. The summed E-state index contributed by atoms with van der Waals surface area (Å²) in [6.07, 6.45) is -0.0530. The number of hydrogen-bond donors (Lipinski definition) is 1. The average Bonchev–Trinajstić information content (AvgIpc) is 3.07. The molecule has 1 heterocycles. The first-order valence-corrected chi connectivity index (χ1v) is 10.8. The normalized spacial score (nSPS) is 17.5. The lowest BCUT2D eigenvalue weighted by Crippen LogP contribution is -2.30. The number of carbonyl (C=O) groups excluding carboxylic acids is 2. The summed E-state index contributed by atoms with van der Waals surface area (Å²) in [4.78, 5) is 27.1. The Labute approximate surface area is 195 Å². The fourth-order valence-electron chi connectivity index (χ4n) is 4.04. The molecule has 4 rings (SSSR count). The van der Waals surface area contributed by atoms with Crippen LogP contribution in [-0.2, 0) is 9.59 Å². The number of carbonyl (C=O) groups is 2. The van der Waals surface area contributed by atoms with E-state index in [-0.39, 0.29) is 17.4 Å². The molecule has 0 aromatic heterocycles. The van der Waals surface area contributed by atoms with Crippen LogP contribution in [0, 0.1) is 18.6 Å². The number of amides is 1. The molecule has 1 amide bonds. The molecule has 3 aromatic rings. The molecule has 1 atom stereocenters. The highest BCUT2D eigenvalue weighted by Crippen LogP contribution is 2.43. The van der Waals surface area contributed by atoms with Crippen molar-refractivity contribution in [3.05, 3.63) is 101 Å². The number of Topliss-reactive ketones (excluding diaryl/α,β-unsaturated/α-hetero) is 1. The van der Waals surface area contributed by atoms with Gasteiger partial charge in [0.1, 0.15) is 23.1 Å². The van der Waals surface area contributed by atoms with Crippen LogP contribution in [0.4, 0.5) is 14.5 Å². The van der Waals surface area contributed by atoms with Crippen LogP contribution in [0.15, 0.2) is 72.3 Å². The standard InChI is InChI=1S/C27H23F2NO4/c1-15(2)34-22-12-9-18(13-16(22)3)25(31)23-24(17-7-5-4-6-8-17)30(27(33)26(23)32)21-14-19(28)10-11-20(21)29/h4-15,24,31H,1-3H3/b25-23+. The molecule has 3 aromatic carbocycles. The quantitative estimate of drug-likeness (QED) is 0.300. The molecule has 0 aliphatic carbocycles. The smallest absolute Gasteiger partial charge is 0.300 e. The Balaban J connectivity index is 1.91. The minimum absolute atomic E-state index is 0.0530. The first kappa shape index (κ1) is 23.2. The maximum absolute atomic E-state index is 14.7. The molecule has 7 heteroatoms. The number of aryl methyl sites for hydroxylation is 1. The zero-order chi connectivity index (χ0) is 24.6. The molecule has 1 unspecified atom stereocenters. The number of aliphatic hydroxyl groups excluding tert-OH is 1. The van der Waals surface area contributed by atoms with Gasteiger partial charge in [-0.2, -0.15) is 0 Å². The van der Waals surface area contributed by atoms with E-state index in [4.69, 9.17) is 4.74 Å². The number of aliphatic hydroxyl groups is 1. The Morgan fingerprint density at radius 2 is 1.71 bits per heavy atom. The second-order valence-electron chi connectivity index (χ2n) is 8.32. The third-order valence-corrected chi connectivity index (χ3v) is 5.54. The Kier molecular flexibility index (Phi) is 6.20. The Morgan fingerprint density at radius 3 is 2.35 bits per heavy atom. The lowest BCUT2D eigenvalue weighted by Gasteiger charge is -2.25. The van der Waals surface area contributed by atoms with Gasteiger partial charge in [-0.3, -0.25) is 14.5 Å². The fourth-order valence-corrected chi connectivity index (χ4v) is 4.04. The van der Waals surface area contributed by atoms with Crippen molar-refractivity contribution in [3.8, 4) is 5.75 Å². The molecule has 0 spiro atoms. The monoisotopic (exact) mass is 463 g/mol. The van der Waals surface area contributed by atoms with Crippen molar-refractivity contribution in [1.29, 1.82) is 0 Å². The predicted octanol–water partition coefficient (Wildman–Crippen LogP) is 5.69. The van der Waals surface area contributed by atoms with Crippen molar-refractivity contribution in [2.24, 2.45) is 0 Å². The third kappa shape index (κ3) is 4.17. The summed E-state index contributed by atoms with van der Waals surface area (Å²) >= 11 is 0. The SMILES string of the molecule is Cc1cc(/C(O)=C2\C(=O)C(=O)N(c3cc(F)ccc3F)C2c2ccccc2)ccc1OC(C)C. The van der Waals surface area contributed by atoms with Crippen molar-refractivity contribution in [2.45, 2.75) is 32.9 Å². The molecule has 34 heavy (non-hydrogen) atoms. The van der Waals surface area contributed by atoms with Crippen LogP contribution in [0.1, 0.15) is 36.6 Å². The maximum Gasteiger partial charge on any atom is 0.300 e. The van der Waals surface area contributed by atoms with Gasteiger partial charge in [0, 0.05) is 11.6 Å². The number of rotatable bonds is 5. The molecule has 1 N–H and O–H groups in total. The van der Waals surface area contributed by atoms with Crippen molar-refractivity contribution >= 4 is 23.1 Å². The molecule has 174 valence electrons. The van der Waals surface area contributed by atoms with Gasteiger partial charge in [0.2, 0.25) is 0 Å².